The van der Waals surface area contributed by atoms with E-state index in [1.807, 2.05) is 18.2 Å². The van der Waals surface area contributed by atoms with Gasteiger partial charge >= 0.3 is 0 Å². The smallest absolute Gasteiger partial charge is 0.253 e. The topological polar surface area (TPSA) is 55.8 Å². The first-order chi connectivity index (χ1) is 15.9. The van der Waals surface area contributed by atoms with Gasteiger partial charge in [-0.15, -0.1) is 0 Å². The molecule has 0 bridgehead atoms. The van der Waals surface area contributed by atoms with E-state index < -0.39 is 5.41 Å². The second kappa shape index (κ2) is 8.03. The molecule has 0 N–H and O–H groups in total. The van der Waals surface area contributed by atoms with Crippen LogP contribution in [-0.4, -0.2) is 37.5 Å². The number of Topliss-reactive ketones (excluding diaryl/α,β-unsaturated/α-hetero) is 1. The Morgan fingerprint density at radius 1 is 0.939 bits per heavy atom. The molecule has 3 aromatic rings. The average molecular weight is 445 g/mol. The molecule has 6 heteroatoms. The zero-order chi connectivity index (χ0) is 23.2. The highest BCUT2D eigenvalue weighted by Gasteiger charge is 2.50. The number of carbonyl (C=O) groups is 2. The molecule has 1 aliphatic carbocycles. The molecule has 1 amide bonds. The third kappa shape index (κ3) is 3.86. The molecular formula is C27H24FNO4. The number of hydrogen-bond acceptors (Lipinski definition) is 4. The minimum Gasteiger partial charge on any atom is -0.454 e. The Bertz CT molecular complexity index is 1250. The minimum atomic E-state index is -0.510. The second-order valence-electron chi connectivity index (χ2n) is 8.84. The number of hydrogen-bond donors (Lipinski definition) is 0. The van der Waals surface area contributed by atoms with Gasteiger partial charge in [-0.1, -0.05) is 24.3 Å². The monoisotopic (exact) mass is 445 g/mol. The standard InChI is InChI=1S/C27H24FNO4/c1-29(2)26(31)19-6-4-18(5-7-19)21-13-17(3-9-22(21)28)14-25(30)27(11-12-27)20-8-10-23-24(15-20)33-16-32-23/h3-10,13,15H,11-12,14,16H2,1-2H3. The van der Waals surface area contributed by atoms with Gasteiger partial charge in [-0.05, 0) is 65.9 Å². The number of carbonyl (C=O) groups excluding carboxylic acids is 2. The summed E-state index contributed by atoms with van der Waals surface area (Å²) >= 11 is 0. The van der Waals surface area contributed by atoms with Crippen molar-refractivity contribution in [2.24, 2.45) is 0 Å². The van der Waals surface area contributed by atoms with Crippen LogP contribution in [0.25, 0.3) is 11.1 Å². The Kier molecular flexibility index (Phi) is 5.16. The highest BCUT2D eigenvalue weighted by Crippen LogP contribution is 2.51. The predicted molar refractivity (Wildman–Crippen MR) is 122 cm³/mol. The third-order valence-corrected chi connectivity index (χ3v) is 6.45. The van der Waals surface area contributed by atoms with Gasteiger partial charge in [-0.2, -0.15) is 0 Å². The lowest BCUT2D eigenvalue weighted by molar-refractivity contribution is -0.120. The van der Waals surface area contributed by atoms with Crippen molar-refractivity contribution in [2.75, 3.05) is 20.9 Å². The Hall–Kier alpha value is -3.67. The summed E-state index contributed by atoms with van der Waals surface area (Å²) in [7, 11) is 3.37. The Labute approximate surface area is 191 Å². The van der Waals surface area contributed by atoms with Gasteiger partial charge in [0.1, 0.15) is 11.6 Å². The lowest BCUT2D eigenvalue weighted by atomic mass is 9.87. The fourth-order valence-corrected chi connectivity index (χ4v) is 4.36. The molecule has 0 aromatic heterocycles. The lowest BCUT2D eigenvalue weighted by Crippen LogP contribution is -2.22. The van der Waals surface area contributed by atoms with Crippen molar-refractivity contribution in [1.82, 2.24) is 4.90 Å². The van der Waals surface area contributed by atoms with Gasteiger partial charge in [0.15, 0.2) is 11.5 Å². The Morgan fingerprint density at radius 3 is 2.36 bits per heavy atom. The van der Waals surface area contributed by atoms with Crippen LogP contribution in [0.3, 0.4) is 0 Å². The van der Waals surface area contributed by atoms with Crippen LogP contribution in [0.4, 0.5) is 4.39 Å². The molecule has 0 radical (unpaired) electrons. The highest BCUT2D eigenvalue weighted by atomic mass is 19.1. The summed E-state index contributed by atoms with van der Waals surface area (Å²) in [6, 6.07) is 17.3. The summed E-state index contributed by atoms with van der Waals surface area (Å²) in [6.45, 7) is 0.197. The van der Waals surface area contributed by atoms with Crippen molar-refractivity contribution in [3.05, 3.63) is 83.2 Å². The average Bonchev–Trinajstić information content (AvgIpc) is 3.50. The number of benzene rings is 3. The second-order valence-corrected chi connectivity index (χ2v) is 8.84. The molecule has 1 aliphatic heterocycles. The van der Waals surface area contributed by atoms with Crippen LogP contribution in [0.15, 0.2) is 60.7 Å². The SMILES string of the molecule is CN(C)C(=O)c1ccc(-c2cc(CC(=O)C3(c4ccc5c(c4)OCO5)CC3)ccc2F)cc1. The maximum atomic E-state index is 14.6. The third-order valence-electron chi connectivity index (χ3n) is 6.45. The van der Waals surface area contributed by atoms with E-state index in [9.17, 15) is 14.0 Å². The summed E-state index contributed by atoms with van der Waals surface area (Å²) < 4.78 is 25.5. The zero-order valence-electron chi connectivity index (χ0n) is 18.6. The Morgan fingerprint density at radius 2 is 1.67 bits per heavy atom. The number of rotatable bonds is 6. The van der Waals surface area contributed by atoms with Crippen molar-refractivity contribution in [2.45, 2.75) is 24.7 Å². The number of nitrogens with zero attached hydrogens (tertiary/aromatic N) is 1. The van der Waals surface area contributed by atoms with Gasteiger partial charge in [-0.25, -0.2) is 4.39 Å². The molecule has 0 saturated heterocycles. The van der Waals surface area contributed by atoms with Crippen LogP contribution in [0.1, 0.15) is 34.3 Å². The summed E-state index contributed by atoms with van der Waals surface area (Å²) in [4.78, 5) is 26.9. The summed E-state index contributed by atoms with van der Waals surface area (Å²) in [6.07, 6.45) is 1.81. The molecule has 33 heavy (non-hydrogen) atoms. The van der Waals surface area contributed by atoms with Gasteiger partial charge in [0.2, 0.25) is 6.79 Å². The number of amides is 1. The normalized spacial score (nSPS) is 15.2. The van der Waals surface area contributed by atoms with Crippen molar-refractivity contribution < 1.29 is 23.5 Å². The van der Waals surface area contributed by atoms with Crippen molar-refractivity contribution in [3.8, 4) is 22.6 Å². The van der Waals surface area contributed by atoms with E-state index in [1.54, 1.807) is 50.5 Å². The number of fused-ring (bicyclic) bond motifs is 1. The zero-order valence-corrected chi connectivity index (χ0v) is 18.6. The van der Waals surface area contributed by atoms with E-state index in [0.717, 1.165) is 24.0 Å². The van der Waals surface area contributed by atoms with Crippen LogP contribution in [-0.2, 0) is 16.6 Å². The van der Waals surface area contributed by atoms with Crippen molar-refractivity contribution in [1.29, 1.82) is 0 Å². The van der Waals surface area contributed by atoms with Gasteiger partial charge in [0.05, 0.1) is 5.41 Å². The van der Waals surface area contributed by atoms with Gasteiger partial charge in [-0.3, -0.25) is 9.59 Å². The molecule has 1 saturated carbocycles. The molecule has 2 aliphatic rings. The van der Waals surface area contributed by atoms with Gasteiger partial charge in [0, 0.05) is 31.6 Å². The van der Waals surface area contributed by atoms with E-state index in [-0.39, 0.29) is 30.7 Å². The molecule has 1 heterocycles. The highest BCUT2D eigenvalue weighted by molar-refractivity contribution is 5.95. The molecule has 0 unspecified atom stereocenters. The van der Waals surface area contributed by atoms with Crippen LogP contribution in [0.2, 0.25) is 0 Å². The molecule has 3 aromatic carbocycles. The number of ketones is 1. The first-order valence-electron chi connectivity index (χ1n) is 10.9. The van der Waals surface area contributed by atoms with E-state index in [4.69, 9.17) is 9.47 Å². The lowest BCUT2D eigenvalue weighted by Gasteiger charge is -2.16. The number of ether oxygens (including phenoxy) is 2. The maximum absolute atomic E-state index is 14.6. The fraction of sp³-hybridized carbons (Fsp3) is 0.259. The number of halogens is 1. The van der Waals surface area contributed by atoms with Gasteiger partial charge < -0.3 is 14.4 Å². The van der Waals surface area contributed by atoms with Crippen LogP contribution >= 0.6 is 0 Å². The molecule has 0 atom stereocenters. The van der Waals surface area contributed by atoms with Crippen LogP contribution < -0.4 is 9.47 Å². The molecule has 0 spiro atoms. The van der Waals surface area contributed by atoms with Crippen LogP contribution in [0.5, 0.6) is 11.5 Å². The summed E-state index contributed by atoms with van der Waals surface area (Å²) in [5, 5.41) is 0. The molecule has 5 nitrogen and oxygen atoms in total. The van der Waals surface area contributed by atoms with E-state index in [1.165, 1.54) is 11.0 Å². The van der Waals surface area contributed by atoms with Gasteiger partial charge in [0.25, 0.3) is 5.91 Å². The Balaban J connectivity index is 1.37. The first-order valence-corrected chi connectivity index (χ1v) is 10.9. The first kappa shape index (κ1) is 21.2. The molecular weight excluding hydrogens is 421 g/mol. The quantitative estimate of drug-likeness (QED) is 0.549. The van der Waals surface area contributed by atoms with Crippen LogP contribution in [0, 0.1) is 5.82 Å². The van der Waals surface area contributed by atoms with E-state index >= 15 is 0 Å². The van der Waals surface area contributed by atoms with E-state index in [2.05, 4.69) is 0 Å². The molecule has 1 fully saturated rings. The summed E-state index contributed by atoms with van der Waals surface area (Å²) in [5.41, 5.74) is 2.81. The molecule has 168 valence electrons. The summed E-state index contributed by atoms with van der Waals surface area (Å²) in [5.74, 6) is 1.01. The largest absolute Gasteiger partial charge is 0.454 e. The fourth-order valence-electron chi connectivity index (χ4n) is 4.36. The predicted octanol–water partition coefficient (Wildman–Crippen LogP) is 4.77. The minimum absolute atomic E-state index is 0.111. The van der Waals surface area contributed by atoms with Crippen molar-refractivity contribution in [3.63, 3.8) is 0 Å². The van der Waals surface area contributed by atoms with Crippen molar-refractivity contribution >= 4 is 11.7 Å². The molecule has 5 rings (SSSR count). The van der Waals surface area contributed by atoms with E-state index in [0.29, 0.717) is 28.2 Å². The maximum Gasteiger partial charge on any atom is 0.253 e.